The molecule has 1 amide bonds. The molecule has 5 nitrogen and oxygen atoms in total. The van der Waals surface area contributed by atoms with E-state index in [9.17, 15) is 4.79 Å². The standard InChI is InChI=1S/C11H17N3O2S/c1-9-10(17-8-12-9)11(16)14-4-2-13(3-5-14)6-7-15/h8,15H,2-7H2,1H3. The van der Waals surface area contributed by atoms with Crippen LogP contribution in [0.3, 0.4) is 0 Å². The number of rotatable bonds is 3. The summed E-state index contributed by atoms with van der Waals surface area (Å²) in [4.78, 5) is 21.1. The maximum atomic E-state index is 12.2. The molecule has 0 saturated carbocycles. The van der Waals surface area contributed by atoms with Gasteiger partial charge < -0.3 is 10.0 Å². The maximum Gasteiger partial charge on any atom is 0.265 e. The molecule has 1 fully saturated rings. The van der Waals surface area contributed by atoms with Gasteiger partial charge in [-0.25, -0.2) is 4.98 Å². The number of aryl methyl sites for hydroxylation is 1. The molecule has 0 aromatic carbocycles. The van der Waals surface area contributed by atoms with E-state index in [1.165, 1.54) is 11.3 Å². The van der Waals surface area contributed by atoms with Crippen LogP contribution >= 0.6 is 11.3 Å². The zero-order chi connectivity index (χ0) is 12.3. The number of aliphatic hydroxyl groups is 1. The number of β-amino-alcohol motifs (C(OH)–C–C–N with tert-alkyl or cyclic N) is 1. The van der Waals surface area contributed by atoms with Crippen molar-refractivity contribution in [3.05, 3.63) is 16.1 Å². The second kappa shape index (κ2) is 5.57. The van der Waals surface area contributed by atoms with Gasteiger partial charge in [-0.1, -0.05) is 0 Å². The van der Waals surface area contributed by atoms with Crippen LogP contribution in [0.4, 0.5) is 0 Å². The summed E-state index contributed by atoms with van der Waals surface area (Å²) < 4.78 is 0. The SMILES string of the molecule is Cc1ncsc1C(=O)N1CCN(CCO)CC1. The lowest BCUT2D eigenvalue weighted by Crippen LogP contribution is -2.49. The van der Waals surface area contributed by atoms with E-state index >= 15 is 0 Å². The number of nitrogens with zero attached hydrogens (tertiary/aromatic N) is 3. The van der Waals surface area contributed by atoms with Gasteiger partial charge in [-0.05, 0) is 6.92 Å². The van der Waals surface area contributed by atoms with Crippen LogP contribution in [0, 0.1) is 6.92 Å². The van der Waals surface area contributed by atoms with Gasteiger partial charge in [0.25, 0.3) is 5.91 Å². The Bertz CT molecular complexity index is 386. The molecule has 6 heteroatoms. The summed E-state index contributed by atoms with van der Waals surface area (Å²) in [6, 6.07) is 0. The van der Waals surface area contributed by atoms with Crippen LogP contribution in [0.2, 0.25) is 0 Å². The number of carbonyl (C=O) groups excluding carboxylic acids is 1. The average molecular weight is 255 g/mol. The van der Waals surface area contributed by atoms with Gasteiger partial charge in [0.15, 0.2) is 0 Å². The molecule has 0 unspecified atom stereocenters. The van der Waals surface area contributed by atoms with Crippen molar-refractivity contribution in [2.45, 2.75) is 6.92 Å². The molecular weight excluding hydrogens is 238 g/mol. The van der Waals surface area contributed by atoms with Crippen molar-refractivity contribution in [1.82, 2.24) is 14.8 Å². The topological polar surface area (TPSA) is 56.7 Å². The quantitative estimate of drug-likeness (QED) is 0.838. The Morgan fingerprint density at radius 2 is 2.18 bits per heavy atom. The second-order valence-electron chi connectivity index (χ2n) is 4.12. The number of thiazole rings is 1. The molecule has 1 aromatic heterocycles. The third-order valence-corrected chi connectivity index (χ3v) is 3.93. The van der Waals surface area contributed by atoms with Crippen LogP contribution in [0.5, 0.6) is 0 Å². The molecule has 2 heterocycles. The number of aromatic nitrogens is 1. The smallest absolute Gasteiger partial charge is 0.265 e. The van der Waals surface area contributed by atoms with Gasteiger partial charge >= 0.3 is 0 Å². The predicted molar refractivity (Wildman–Crippen MR) is 66.3 cm³/mol. The summed E-state index contributed by atoms with van der Waals surface area (Å²) >= 11 is 1.41. The summed E-state index contributed by atoms with van der Waals surface area (Å²) in [6.45, 7) is 5.88. The Hall–Kier alpha value is -0.980. The number of piperazine rings is 1. The van der Waals surface area contributed by atoms with Crippen molar-refractivity contribution in [2.75, 3.05) is 39.3 Å². The molecule has 0 radical (unpaired) electrons. The lowest BCUT2D eigenvalue weighted by Gasteiger charge is -2.34. The van der Waals surface area contributed by atoms with Crippen LogP contribution < -0.4 is 0 Å². The number of hydrogen-bond acceptors (Lipinski definition) is 5. The molecule has 1 N–H and O–H groups in total. The zero-order valence-electron chi connectivity index (χ0n) is 9.93. The van der Waals surface area contributed by atoms with Crippen LogP contribution in [-0.4, -0.2) is 65.1 Å². The molecule has 0 aliphatic carbocycles. The minimum atomic E-state index is 0.0913. The van der Waals surface area contributed by atoms with Gasteiger partial charge in [-0.3, -0.25) is 9.69 Å². The fourth-order valence-electron chi connectivity index (χ4n) is 1.97. The van der Waals surface area contributed by atoms with Crippen molar-refractivity contribution in [2.24, 2.45) is 0 Å². The van der Waals surface area contributed by atoms with Gasteiger partial charge in [0.2, 0.25) is 0 Å². The average Bonchev–Trinajstić information content (AvgIpc) is 2.76. The highest BCUT2D eigenvalue weighted by Crippen LogP contribution is 2.16. The largest absolute Gasteiger partial charge is 0.395 e. The molecule has 0 spiro atoms. The van der Waals surface area contributed by atoms with E-state index in [1.807, 2.05) is 11.8 Å². The maximum absolute atomic E-state index is 12.2. The molecular formula is C11H17N3O2S. The Morgan fingerprint density at radius 1 is 1.47 bits per heavy atom. The van der Waals surface area contributed by atoms with E-state index in [1.54, 1.807) is 5.51 Å². The fourth-order valence-corrected chi connectivity index (χ4v) is 2.74. The van der Waals surface area contributed by atoms with Gasteiger partial charge in [-0.15, -0.1) is 11.3 Å². The summed E-state index contributed by atoms with van der Waals surface area (Å²) in [6.07, 6.45) is 0. The molecule has 94 valence electrons. The molecule has 1 aromatic rings. The molecule has 2 rings (SSSR count). The lowest BCUT2D eigenvalue weighted by molar-refractivity contribution is 0.0618. The van der Waals surface area contributed by atoms with Gasteiger partial charge in [-0.2, -0.15) is 0 Å². The number of hydrogen-bond donors (Lipinski definition) is 1. The van der Waals surface area contributed by atoms with Crippen molar-refractivity contribution in [3.63, 3.8) is 0 Å². The molecule has 0 bridgehead atoms. The third kappa shape index (κ3) is 2.83. The van der Waals surface area contributed by atoms with Gasteiger partial charge in [0, 0.05) is 32.7 Å². The molecule has 0 atom stereocenters. The first-order chi connectivity index (χ1) is 8.22. The van der Waals surface area contributed by atoms with E-state index in [0.29, 0.717) is 6.54 Å². The second-order valence-corrected chi connectivity index (χ2v) is 4.98. The normalized spacial score (nSPS) is 17.4. The predicted octanol–water partition coefficient (Wildman–Crippen LogP) is 0.202. The number of aliphatic hydroxyl groups excluding tert-OH is 1. The van der Waals surface area contributed by atoms with Crippen molar-refractivity contribution in [1.29, 1.82) is 0 Å². The number of carbonyl (C=O) groups is 1. The molecule has 1 aliphatic heterocycles. The van der Waals surface area contributed by atoms with Crippen LogP contribution in [0.15, 0.2) is 5.51 Å². The van der Waals surface area contributed by atoms with Gasteiger partial charge in [0.1, 0.15) is 4.88 Å². The first-order valence-electron chi connectivity index (χ1n) is 5.75. The highest BCUT2D eigenvalue weighted by molar-refractivity contribution is 7.11. The minimum Gasteiger partial charge on any atom is -0.395 e. The highest BCUT2D eigenvalue weighted by atomic mass is 32.1. The molecule has 1 aliphatic rings. The summed E-state index contributed by atoms with van der Waals surface area (Å²) in [5, 5.41) is 8.85. The molecule has 17 heavy (non-hydrogen) atoms. The van der Waals surface area contributed by atoms with Crippen LogP contribution in [-0.2, 0) is 0 Å². The van der Waals surface area contributed by atoms with Crippen molar-refractivity contribution in [3.8, 4) is 0 Å². The zero-order valence-corrected chi connectivity index (χ0v) is 10.7. The fraction of sp³-hybridized carbons (Fsp3) is 0.636. The lowest BCUT2D eigenvalue weighted by atomic mass is 10.2. The van der Waals surface area contributed by atoms with E-state index in [4.69, 9.17) is 5.11 Å². The summed E-state index contributed by atoms with van der Waals surface area (Å²) in [7, 11) is 0. The summed E-state index contributed by atoms with van der Waals surface area (Å²) in [5.41, 5.74) is 2.53. The molecule has 1 saturated heterocycles. The van der Waals surface area contributed by atoms with E-state index in [2.05, 4.69) is 9.88 Å². The third-order valence-electron chi connectivity index (χ3n) is 3.02. The Morgan fingerprint density at radius 3 is 2.71 bits per heavy atom. The highest BCUT2D eigenvalue weighted by Gasteiger charge is 2.23. The Balaban J connectivity index is 1.93. The van der Waals surface area contributed by atoms with E-state index in [0.717, 1.165) is 36.8 Å². The van der Waals surface area contributed by atoms with Crippen molar-refractivity contribution < 1.29 is 9.90 Å². The first kappa shape index (κ1) is 12.5. The monoisotopic (exact) mass is 255 g/mol. The summed E-state index contributed by atoms with van der Waals surface area (Å²) in [5.74, 6) is 0.0913. The number of amides is 1. The van der Waals surface area contributed by atoms with Crippen LogP contribution in [0.25, 0.3) is 0 Å². The van der Waals surface area contributed by atoms with E-state index in [-0.39, 0.29) is 12.5 Å². The van der Waals surface area contributed by atoms with Crippen LogP contribution in [0.1, 0.15) is 15.4 Å². The minimum absolute atomic E-state index is 0.0913. The van der Waals surface area contributed by atoms with Gasteiger partial charge in [0.05, 0.1) is 17.8 Å². The first-order valence-corrected chi connectivity index (χ1v) is 6.63. The van der Waals surface area contributed by atoms with E-state index < -0.39 is 0 Å². The van der Waals surface area contributed by atoms with Crippen molar-refractivity contribution >= 4 is 17.2 Å². The Labute approximate surface area is 105 Å². The Kier molecular flexibility index (Phi) is 4.09.